The van der Waals surface area contributed by atoms with Crippen molar-refractivity contribution in [2.24, 2.45) is 0 Å². The summed E-state index contributed by atoms with van der Waals surface area (Å²) in [5.74, 6) is 0.310. The van der Waals surface area contributed by atoms with Gasteiger partial charge >= 0.3 is 0 Å². The first-order chi connectivity index (χ1) is 16.1. The van der Waals surface area contributed by atoms with Crippen LogP contribution in [0.5, 0.6) is 5.75 Å². The van der Waals surface area contributed by atoms with Gasteiger partial charge in [-0.3, -0.25) is 9.59 Å². The van der Waals surface area contributed by atoms with Crippen molar-refractivity contribution in [3.05, 3.63) is 90.0 Å². The lowest BCUT2D eigenvalue weighted by molar-refractivity contribution is -0.114. The first-order valence-corrected chi connectivity index (χ1v) is 10.8. The van der Waals surface area contributed by atoms with Gasteiger partial charge in [-0.25, -0.2) is 0 Å². The summed E-state index contributed by atoms with van der Waals surface area (Å²) >= 11 is 0. The van der Waals surface area contributed by atoms with Gasteiger partial charge in [0.15, 0.2) is 0 Å². The van der Waals surface area contributed by atoms with Crippen molar-refractivity contribution in [1.29, 1.82) is 0 Å². The smallest absolute Gasteiger partial charge is 0.251 e. The van der Waals surface area contributed by atoms with Crippen molar-refractivity contribution in [1.82, 2.24) is 5.32 Å². The van der Waals surface area contributed by atoms with Crippen LogP contribution in [0.3, 0.4) is 0 Å². The molecule has 0 saturated heterocycles. The molecule has 0 atom stereocenters. The minimum atomic E-state index is -0.204. The Balaban J connectivity index is 1.47. The highest BCUT2D eigenvalue weighted by molar-refractivity contribution is 5.96. The molecular formula is C26H29N3O4. The summed E-state index contributed by atoms with van der Waals surface area (Å²) in [4.78, 5) is 24.6. The van der Waals surface area contributed by atoms with Crippen LogP contribution in [0.2, 0.25) is 0 Å². The number of hydrogen-bond acceptors (Lipinski definition) is 5. The van der Waals surface area contributed by atoms with Crippen molar-refractivity contribution in [3.63, 3.8) is 0 Å². The lowest BCUT2D eigenvalue weighted by Gasteiger charge is -2.11. The number of carbonyl (C=O) groups is 2. The van der Waals surface area contributed by atoms with Crippen LogP contribution in [0.15, 0.2) is 78.9 Å². The molecule has 0 aliphatic carbocycles. The highest BCUT2D eigenvalue weighted by atomic mass is 16.5. The van der Waals surface area contributed by atoms with Gasteiger partial charge in [0.25, 0.3) is 5.91 Å². The quantitative estimate of drug-likeness (QED) is 0.364. The Kier molecular flexibility index (Phi) is 9.29. The number of benzene rings is 3. The minimum absolute atomic E-state index is 0.0635. The third-order valence-electron chi connectivity index (χ3n) is 4.75. The zero-order valence-electron chi connectivity index (χ0n) is 18.7. The highest BCUT2D eigenvalue weighted by Gasteiger charge is 2.08. The molecule has 0 saturated carbocycles. The molecule has 0 aromatic heterocycles. The van der Waals surface area contributed by atoms with Gasteiger partial charge < -0.3 is 25.4 Å². The molecule has 3 N–H and O–H groups in total. The Morgan fingerprint density at radius 1 is 0.879 bits per heavy atom. The third kappa shape index (κ3) is 8.31. The summed E-state index contributed by atoms with van der Waals surface area (Å²) in [7, 11) is 1.63. The topological polar surface area (TPSA) is 88.7 Å². The number of hydrogen-bond donors (Lipinski definition) is 3. The fourth-order valence-corrected chi connectivity index (χ4v) is 3.08. The number of anilines is 2. The summed E-state index contributed by atoms with van der Waals surface area (Å²) in [6.45, 7) is 1.66. The van der Waals surface area contributed by atoms with E-state index in [4.69, 9.17) is 9.47 Å². The van der Waals surface area contributed by atoms with E-state index in [0.717, 1.165) is 12.0 Å². The second kappa shape index (κ2) is 12.9. The zero-order chi connectivity index (χ0) is 23.3. The summed E-state index contributed by atoms with van der Waals surface area (Å²) in [6.07, 6.45) is 0.749. The molecule has 7 heteroatoms. The number of amides is 2. The maximum absolute atomic E-state index is 12.4. The van der Waals surface area contributed by atoms with E-state index in [2.05, 4.69) is 16.0 Å². The van der Waals surface area contributed by atoms with Crippen molar-refractivity contribution in [3.8, 4) is 5.75 Å². The van der Waals surface area contributed by atoms with Crippen LogP contribution in [0.4, 0.5) is 11.4 Å². The van der Waals surface area contributed by atoms with Crippen LogP contribution in [-0.4, -0.2) is 38.6 Å². The summed E-state index contributed by atoms with van der Waals surface area (Å²) < 4.78 is 10.8. The van der Waals surface area contributed by atoms with Crippen molar-refractivity contribution in [2.45, 2.75) is 13.0 Å². The molecule has 0 radical (unpaired) electrons. The lowest BCUT2D eigenvalue weighted by Crippen LogP contribution is -2.25. The van der Waals surface area contributed by atoms with Crippen LogP contribution < -0.4 is 20.7 Å². The monoisotopic (exact) mass is 447 g/mol. The molecule has 172 valence electrons. The van der Waals surface area contributed by atoms with E-state index in [-0.39, 0.29) is 18.4 Å². The van der Waals surface area contributed by atoms with Gasteiger partial charge in [-0.15, -0.1) is 0 Å². The van der Waals surface area contributed by atoms with E-state index < -0.39 is 0 Å². The van der Waals surface area contributed by atoms with Crippen LogP contribution >= 0.6 is 0 Å². The van der Waals surface area contributed by atoms with Crippen molar-refractivity contribution >= 4 is 23.2 Å². The average Bonchev–Trinajstić information content (AvgIpc) is 2.85. The van der Waals surface area contributed by atoms with Gasteiger partial charge in [0.1, 0.15) is 12.4 Å². The molecule has 7 nitrogen and oxygen atoms in total. The molecule has 0 aliphatic heterocycles. The van der Waals surface area contributed by atoms with E-state index >= 15 is 0 Å². The normalized spacial score (nSPS) is 10.3. The van der Waals surface area contributed by atoms with Gasteiger partial charge in [0.2, 0.25) is 5.91 Å². The SMILES string of the molecule is COCCCNC(=O)c1cccc(NCC(=O)Nc2cccc(OCc3ccccc3)c2)c1. The van der Waals surface area contributed by atoms with E-state index in [1.54, 1.807) is 31.4 Å². The first-order valence-electron chi connectivity index (χ1n) is 10.8. The predicted octanol–water partition coefficient (Wildman–Crippen LogP) is 4.08. The molecule has 0 heterocycles. The molecule has 0 aliphatic rings. The maximum Gasteiger partial charge on any atom is 0.251 e. The maximum atomic E-state index is 12.4. The number of ether oxygens (including phenoxy) is 2. The fraction of sp³-hybridized carbons (Fsp3) is 0.231. The Labute approximate surface area is 194 Å². The van der Waals surface area contributed by atoms with Crippen molar-refractivity contribution in [2.75, 3.05) is 37.4 Å². The van der Waals surface area contributed by atoms with E-state index in [0.29, 0.717) is 42.4 Å². The second-order valence-corrected chi connectivity index (χ2v) is 7.39. The molecule has 3 rings (SSSR count). The Hall–Kier alpha value is -3.84. The molecule has 0 unspecified atom stereocenters. The molecule has 0 fully saturated rings. The van der Waals surface area contributed by atoms with Crippen LogP contribution in [0.1, 0.15) is 22.3 Å². The van der Waals surface area contributed by atoms with Crippen LogP contribution in [0.25, 0.3) is 0 Å². The molecule has 0 bridgehead atoms. The number of nitrogens with one attached hydrogen (secondary N) is 3. The summed E-state index contributed by atoms with van der Waals surface area (Å²) in [6, 6.07) is 24.2. The van der Waals surface area contributed by atoms with Crippen LogP contribution in [-0.2, 0) is 16.1 Å². The molecule has 3 aromatic rings. The molecule has 3 aromatic carbocycles. The van der Waals surface area contributed by atoms with E-state index in [1.165, 1.54) is 0 Å². The fourth-order valence-electron chi connectivity index (χ4n) is 3.08. The Morgan fingerprint density at radius 2 is 1.67 bits per heavy atom. The zero-order valence-corrected chi connectivity index (χ0v) is 18.7. The molecule has 2 amide bonds. The summed E-state index contributed by atoms with van der Waals surface area (Å²) in [5.41, 5.74) is 2.94. The Bertz CT molecular complexity index is 1040. The van der Waals surface area contributed by atoms with Crippen molar-refractivity contribution < 1.29 is 19.1 Å². The molecule has 33 heavy (non-hydrogen) atoms. The number of rotatable bonds is 12. The predicted molar refractivity (Wildman–Crippen MR) is 130 cm³/mol. The first kappa shape index (κ1) is 23.8. The average molecular weight is 448 g/mol. The lowest BCUT2D eigenvalue weighted by atomic mass is 10.2. The highest BCUT2D eigenvalue weighted by Crippen LogP contribution is 2.19. The molecular weight excluding hydrogens is 418 g/mol. The summed E-state index contributed by atoms with van der Waals surface area (Å²) in [5, 5.41) is 8.76. The van der Waals surface area contributed by atoms with Gasteiger partial charge in [0, 0.05) is 43.3 Å². The van der Waals surface area contributed by atoms with Gasteiger partial charge in [-0.05, 0) is 42.3 Å². The largest absolute Gasteiger partial charge is 0.489 e. The van der Waals surface area contributed by atoms with Crippen LogP contribution in [0, 0.1) is 0 Å². The van der Waals surface area contributed by atoms with E-state index in [9.17, 15) is 9.59 Å². The second-order valence-electron chi connectivity index (χ2n) is 7.39. The minimum Gasteiger partial charge on any atom is -0.489 e. The standard InChI is InChI=1S/C26H29N3O4/c1-32-15-7-14-27-26(31)21-10-5-11-22(16-21)28-18-25(30)29-23-12-6-13-24(17-23)33-19-20-8-3-2-4-9-20/h2-6,8-13,16-17,28H,7,14-15,18-19H2,1H3,(H,27,31)(H,29,30). The number of carbonyl (C=O) groups excluding carboxylic acids is 2. The number of methoxy groups -OCH3 is 1. The van der Waals surface area contributed by atoms with Gasteiger partial charge in [-0.2, -0.15) is 0 Å². The molecule has 0 spiro atoms. The Morgan fingerprint density at radius 3 is 2.48 bits per heavy atom. The van der Waals surface area contributed by atoms with Gasteiger partial charge in [-0.1, -0.05) is 42.5 Å². The third-order valence-corrected chi connectivity index (χ3v) is 4.75. The van der Waals surface area contributed by atoms with E-state index in [1.807, 2.05) is 54.6 Å². The van der Waals surface area contributed by atoms with Gasteiger partial charge in [0.05, 0.1) is 6.54 Å².